The van der Waals surface area contributed by atoms with E-state index in [2.05, 4.69) is 29.4 Å². The molecule has 2 N–H and O–H groups in total. The van der Waals surface area contributed by atoms with Crippen LogP contribution in [-0.4, -0.2) is 108 Å². The van der Waals surface area contributed by atoms with Gasteiger partial charge in [0.15, 0.2) is 0 Å². The number of rotatable bonds is 13. The van der Waals surface area contributed by atoms with Crippen LogP contribution in [-0.2, 0) is 35.1 Å². The molecule has 2 heterocycles. The summed E-state index contributed by atoms with van der Waals surface area (Å²) < 4.78 is 4.97. The Kier molecular flexibility index (Phi) is 14.6. The lowest BCUT2D eigenvalue weighted by Crippen LogP contribution is -2.60. The number of carbonyl (C=O) groups is 5. The van der Waals surface area contributed by atoms with Gasteiger partial charge in [-0.3, -0.25) is 24.1 Å². The van der Waals surface area contributed by atoms with Crippen molar-refractivity contribution in [3.05, 3.63) is 47.5 Å². The zero-order chi connectivity index (χ0) is 37.3. The molecule has 278 valence electrons. The van der Waals surface area contributed by atoms with Gasteiger partial charge in [0.25, 0.3) is 0 Å². The van der Waals surface area contributed by atoms with Crippen LogP contribution in [0.3, 0.4) is 0 Å². The van der Waals surface area contributed by atoms with E-state index in [1.54, 1.807) is 29.8 Å². The van der Waals surface area contributed by atoms with Gasteiger partial charge in [0, 0.05) is 31.6 Å². The predicted molar refractivity (Wildman–Crippen MR) is 195 cm³/mol. The molecule has 0 bridgehead atoms. The average molecular weight is 696 g/mol. The largest absolute Gasteiger partial charge is 0.467 e. The van der Waals surface area contributed by atoms with E-state index in [-0.39, 0.29) is 42.1 Å². The number of likely N-dealkylation sites (N-methyl/N-ethyl adjacent to an activating group) is 1. The van der Waals surface area contributed by atoms with E-state index in [1.807, 2.05) is 65.0 Å². The number of nitrogens with one attached hydrogen (secondary N) is 2. The topological polar surface area (TPSA) is 128 Å². The normalized spacial score (nSPS) is 20.6. The maximum absolute atomic E-state index is 14.2. The molecule has 3 rings (SSSR count). The molecule has 1 aromatic carbocycles. The van der Waals surface area contributed by atoms with E-state index in [0.29, 0.717) is 25.0 Å². The van der Waals surface area contributed by atoms with Gasteiger partial charge in [0.05, 0.1) is 19.2 Å². The number of amides is 4. The van der Waals surface area contributed by atoms with E-state index in [0.717, 1.165) is 31.4 Å². The van der Waals surface area contributed by atoms with Crippen molar-refractivity contribution < 1.29 is 28.7 Å². The lowest BCUT2D eigenvalue weighted by molar-refractivity contribution is -0.146. The Morgan fingerprint density at radius 3 is 2.12 bits per heavy atom. The first kappa shape index (κ1) is 40.7. The molecule has 2 aliphatic heterocycles. The Hall–Kier alpha value is -3.73. The van der Waals surface area contributed by atoms with Crippen molar-refractivity contribution in [2.75, 3.05) is 27.2 Å². The van der Waals surface area contributed by atoms with Crippen LogP contribution < -0.4 is 10.6 Å². The molecule has 0 unspecified atom stereocenters. The van der Waals surface area contributed by atoms with Crippen LogP contribution in [0.2, 0.25) is 0 Å². The summed E-state index contributed by atoms with van der Waals surface area (Å²) >= 11 is 0. The Balaban J connectivity index is 1.78. The second-order valence-electron chi connectivity index (χ2n) is 15.6. The Bertz CT molecular complexity index is 1370. The zero-order valence-electron chi connectivity index (χ0n) is 32.0. The number of piperidine rings is 1. The molecule has 1 aromatic rings. The van der Waals surface area contributed by atoms with Crippen LogP contribution in [0.15, 0.2) is 42.0 Å². The molecule has 0 saturated carbocycles. The molecule has 2 fully saturated rings. The van der Waals surface area contributed by atoms with Gasteiger partial charge in [0.2, 0.25) is 23.6 Å². The van der Waals surface area contributed by atoms with Crippen LogP contribution in [0.25, 0.3) is 0 Å². The van der Waals surface area contributed by atoms with Gasteiger partial charge >= 0.3 is 5.97 Å². The molecule has 2 saturated heterocycles. The summed E-state index contributed by atoms with van der Waals surface area (Å²) in [4.78, 5) is 73.3. The maximum atomic E-state index is 14.2. The molecular weight excluding hydrogens is 634 g/mol. The van der Waals surface area contributed by atoms with Crippen molar-refractivity contribution >= 4 is 29.6 Å². The first-order chi connectivity index (χ1) is 23.5. The Morgan fingerprint density at radius 1 is 0.920 bits per heavy atom. The fourth-order valence-corrected chi connectivity index (χ4v) is 7.13. The molecule has 50 heavy (non-hydrogen) atoms. The van der Waals surface area contributed by atoms with Crippen LogP contribution in [0.5, 0.6) is 0 Å². The highest BCUT2D eigenvalue weighted by atomic mass is 16.5. The fraction of sp³-hybridized carbons (Fsp3) is 0.667. The minimum absolute atomic E-state index is 0.0470. The summed E-state index contributed by atoms with van der Waals surface area (Å²) in [6.07, 6.45) is 5.97. The van der Waals surface area contributed by atoms with E-state index < -0.39 is 41.5 Å². The van der Waals surface area contributed by atoms with Gasteiger partial charge in [-0.05, 0) is 69.9 Å². The van der Waals surface area contributed by atoms with Crippen molar-refractivity contribution in [1.29, 1.82) is 0 Å². The number of likely N-dealkylation sites (tertiary alicyclic amines) is 2. The fourth-order valence-electron chi connectivity index (χ4n) is 7.13. The smallest absolute Gasteiger partial charge is 0.328 e. The molecule has 2 aliphatic rings. The highest BCUT2D eigenvalue weighted by Crippen LogP contribution is 2.27. The van der Waals surface area contributed by atoms with E-state index in [9.17, 15) is 24.0 Å². The standard InChI is InChI=1S/C39H61N5O6/c1-25(2)32(42(9)37(48)33(39(6,7)8)41-35(46)30-19-14-15-21-43(30)26(3)4)23-27(5)36(47)44-22-16-20-31(44)34(45)40-29(38(49)50-10)24-28-17-12-11-13-18-28/h11-13,17-18,23,25-26,29-33H,14-16,19-22,24H2,1-10H3,(H,40,45)(H,41,46)/t29-,30+,31-,32+,33+/m0/s1. The summed E-state index contributed by atoms with van der Waals surface area (Å²) in [5.74, 6) is -1.64. The van der Waals surface area contributed by atoms with Crippen molar-refractivity contribution in [3.63, 3.8) is 0 Å². The summed E-state index contributed by atoms with van der Waals surface area (Å²) in [5.41, 5.74) is 0.732. The summed E-state index contributed by atoms with van der Waals surface area (Å²) in [6.45, 7) is 17.0. The van der Waals surface area contributed by atoms with Crippen molar-refractivity contribution in [1.82, 2.24) is 25.3 Å². The minimum Gasteiger partial charge on any atom is -0.467 e. The van der Waals surface area contributed by atoms with Crippen molar-refractivity contribution in [2.24, 2.45) is 11.3 Å². The number of carbonyl (C=O) groups excluding carboxylic acids is 5. The van der Waals surface area contributed by atoms with Crippen molar-refractivity contribution in [2.45, 2.75) is 130 Å². The minimum atomic E-state index is -0.892. The lowest BCUT2D eigenvalue weighted by atomic mass is 9.84. The quantitative estimate of drug-likeness (QED) is 0.235. The van der Waals surface area contributed by atoms with Gasteiger partial charge < -0.3 is 25.2 Å². The summed E-state index contributed by atoms with van der Waals surface area (Å²) in [7, 11) is 3.01. The van der Waals surface area contributed by atoms with Gasteiger partial charge in [0.1, 0.15) is 18.1 Å². The van der Waals surface area contributed by atoms with Gasteiger partial charge in [-0.25, -0.2) is 4.79 Å². The number of esters is 1. The van der Waals surface area contributed by atoms with Crippen LogP contribution in [0.4, 0.5) is 0 Å². The van der Waals surface area contributed by atoms with Crippen LogP contribution in [0, 0.1) is 11.3 Å². The van der Waals surface area contributed by atoms with Crippen LogP contribution in [0.1, 0.15) is 93.1 Å². The van der Waals surface area contributed by atoms with Gasteiger partial charge in [-0.1, -0.05) is 77.4 Å². The third-order valence-electron chi connectivity index (χ3n) is 10.0. The summed E-state index contributed by atoms with van der Waals surface area (Å²) in [6, 6.07) is 6.46. The predicted octanol–water partition coefficient (Wildman–Crippen LogP) is 4.10. The Labute approximate surface area is 299 Å². The number of hydrogen-bond donors (Lipinski definition) is 2. The molecule has 0 aromatic heterocycles. The SMILES string of the molecule is COC(=O)[C@H](Cc1ccccc1)NC(=O)[C@@H]1CCCN1C(=O)C(C)=C[C@H](C(C)C)N(C)C(=O)[C@@H](NC(=O)[C@H]1CCCCN1C(C)C)C(C)(C)C. The molecule has 5 atom stereocenters. The third-order valence-corrected chi connectivity index (χ3v) is 10.0. The Morgan fingerprint density at radius 2 is 1.54 bits per heavy atom. The summed E-state index contributed by atoms with van der Waals surface area (Å²) in [5, 5.41) is 5.95. The number of hydrogen-bond acceptors (Lipinski definition) is 7. The number of nitrogens with zero attached hydrogens (tertiary/aromatic N) is 3. The molecule has 0 spiro atoms. The average Bonchev–Trinajstić information content (AvgIpc) is 3.58. The van der Waals surface area contributed by atoms with Crippen LogP contribution >= 0.6 is 0 Å². The second kappa shape index (κ2) is 18.0. The van der Waals surface area contributed by atoms with E-state index in [1.165, 1.54) is 7.11 Å². The number of methoxy groups -OCH3 is 1. The monoisotopic (exact) mass is 695 g/mol. The first-order valence-corrected chi connectivity index (χ1v) is 18.2. The molecular formula is C39H61N5O6. The van der Waals surface area contributed by atoms with Gasteiger partial charge in [-0.15, -0.1) is 0 Å². The molecule has 11 nitrogen and oxygen atoms in total. The maximum Gasteiger partial charge on any atom is 0.328 e. The highest BCUT2D eigenvalue weighted by molar-refractivity contribution is 5.98. The van der Waals surface area contributed by atoms with Gasteiger partial charge in [-0.2, -0.15) is 0 Å². The molecule has 11 heteroatoms. The zero-order valence-corrected chi connectivity index (χ0v) is 32.0. The van der Waals surface area contributed by atoms with E-state index in [4.69, 9.17) is 4.74 Å². The molecule has 0 radical (unpaired) electrons. The number of benzene rings is 1. The highest BCUT2D eigenvalue weighted by Gasteiger charge is 2.41. The first-order valence-electron chi connectivity index (χ1n) is 18.2. The van der Waals surface area contributed by atoms with Crippen molar-refractivity contribution in [3.8, 4) is 0 Å². The second-order valence-corrected chi connectivity index (χ2v) is 15.6. The molecule has 4 amide bonds. The third kappa shape index (κ3) is 10.4. The molecule has 0 aliphatic carbocycles. The van der Waals surface area contributed by atoms with E-state index >= 15 is 0 Å². The number of ether oxygens (including phenoxy) is 1. The lowest BCUT2D eigenvalue weighted by Gasteiger charge is -2.41.